The Hall–Kier alpha value is -2.81. The molecule has 0 saturated carbocycles. The van der Waals surface area contributed by atoms with Gasteiger partial charge in [-0.1, -0.05) is 267 Å². The summed E-state index contributed by atoms with van der Waals surface area (Å²) in [5.74, 6) is -0.554. The summed E-state index contributed by atoms with van der Waals surface area (Å²) >= 11 is 0. The molecule has 3 atom stereocenters. The SMILES string of the molecule is CC/C=C\C/C=C\C/C=C\C/C=C\C/C=C\C/C=C\CCCCCCCCC(=O)OC(/C=C\CCCCCCCCCCCCC)C(COP(=O)([O-])OCC[N+](C)(C)C)NC(=O)CCCCCCCCCCCCCCC. The summed E-state index contributed by atoms with van der Waals surface area (Å²) in [6.07, 6.45) is 74.0. The lowest BCUT2D eigenvalue weighted by atomic mass is 10.0. The third-order valence-corrected chi connectivity index (χ3v) is 14.8. The maximum atomic E-state index is 13.5. The largest absolute Gasteiger partial charge is 0.756 e. The third-order valence-electron chi connectivity index (χ3n) is 13.8. The van der Waals surface area contributed by atoms with E-state index in [1.54, 1.807) is 0 Å². The van der Waals surface area contributed by atoms with Crippen molar-refractivity contribution in [3.05, 3.63) is 85.1 Å². The molecule has 0 aromatic rings. The number of likely N-dealkylation sites (N-methyl/N-ethyl adjacent to an activating group) is 1. The van der Waals surface area contributed by atoms with Crippen molar-refractivity contribution in [2.24, 2.45) is 0 Å². The van der Waals surface area contributed by atoms with Gasteiger partial charge in [0, 0.05) is 12.8 Å². The molecule has 0 aromatic carbocycles. The van der Waals surface area contributed by atoms with Crippen LogP contribution in [-0.4, -0.2) is 69.4 Å². The van der Waals surface area contributed by atoms with Gasteiger partial charge in [0.2, 0.25) is 5.91 Å². The second kappa shape index (κ2) is 56.5. The van der Waals surface area contributed by atoms with Crippen LogP contribution in [0.4, 0.5) is 0 Å². The van der Waals surface area contributed by atoms with Crippen LogP contribution in [0, 0.1) is 0 Å². The fourth-order valence-corrected chi connectivity index (χ4v) is 9.66. The molecule has 0 aliphatic heterocycles. The van der Waals surface area contributed by atoms with Crippen LogP contribution in [0.2, 0.25) is 0 Å². The topological polar surface area (TPSA) is 114 Å². The monoisotopic (exact) mass is 1100 g/mol. The molecule has 0 aliphatic rings. The number of hydrogen-bond acceptors (Lipinski definition) is 7. The summed E-state index contributed by atoms with van der Waals surface area (Å²) in [5.41, 5.74) is 0. The Balaban J connectivity index is 5.21. The van der Waals surface area contributed by atoms with E-state index >= 15 is 0 Å². The minimum atomic E-state index is -4.70. The number of unbranched alkanes of at least 4 members (excludes halogenated alkanes) is 29. The highest BCUT2D eigenvalue weighted by atomic mass is 31.2. The first-order valence-electron chi connectivity index (χ1n) is 31.9. The first-order chi connectivity index (χ1) is 37.4. The van der Waals surface area contributed by atoms with Gasteiger partial charge in [-0.3, -0.25) is 14.2 Å². The maximum Gasteiger partial charge on any atom is 0.306 e. The van der Waals surface area contributed by atoms with Crippen molar-refractivity contribution in [2.75, 3.05) is 40.9 Å². The maximum absolute atomic E-state index is 13.5. The molecular formula is C67H121N2O7P. The molecule has 9 nitrogen and oxygen atoms in total. The Morgan fingerprint density at radius 3 is 1.25 bits per heavy atom. The van der Waals surface area contributed by atoms with Gasteiger partial charge in [0.15, 0.2) is 0 Å². The van der Waals surface area contributed by atoms with Crippen LogP contribution in [0.1, 0.15) is 278 Å². The number of carbonyl (C=O) groups is 2. The van der Waals surface area contributed by atoms with E-state index in [0.29, 0.717) is 23.9 Å². The van der Waals surface area contributed by atoms with Crippen molar-refractivity contribution in [1.29, 1.82) is 0 Å². The van der Waals surface area contributed by atoms with Crippen molar-refractivity contribution in [2.45, 2.75) is 290 Å². The highest BCUT2D eigenvalue weighted by molar-refractivity contribution is 7.45. The van der Waals surface area contributed by atoms with E-state index in [2.05, 4.69) is 99.0 Å². The second-order valence-corrected chi connectivity index (χ2v) is 23.9. The fraction of sp³-hybridized carbons (Fsp3) is 0.761. The van der Waals surface area contributed by atoms with Crippen LogP contribution in [0.15, 0.2) is 85.1 Å². The van der Waals surface area contributed by atoms with E-state index < -0.39 is 26.6 Å². The summed E-state index contributed by atoms with van der Waals surface area (Å²) in [4.78, 5) is 40.0. The van der Waals surface area contributed by atoms with Crippen molar-refractivity contribution < 1.29 is 37.3 Å². The van der Waals surface area contributed by atoms with Crippen LogP contribution in [0.3, 0.4) is 0 Å². The number of esters is 1. The highest BCUT2D eigenvalue weighted by Crippen LogP contribution is 2.38. The van der Waals surface area contributed by atoms with Gasteiger partial charge in [0.1, 0.15) is 19.3 Å². The quantitative estimate of drug-likeness (QED) is 0.0212. The number of ether oxygens (including phenoxy) is 1. The third kappa shape index (κ3) is 57.7. The van der Waals surface area contributed by atoms with Crippen LogP contribution >= 0.6 is 7.82 Å². The van der Waals surface area contributed by atoms with E-state index in [9.17, 15) is 19.0 Å². The molecule has 77 heavy (non-hydrogen) atoms. The number of hydrogen-bond donors (Lipinski definition) is 1. The lowest BCUT2D eigenvalue weighted by molar-refractivity contribution is -0.870. The fourth-order valence-electron chi connectivity index (χ4n) is 8.94. The van der Waals surface area contributed by atoms with Gasteiger partial charge in [-0.15, -0.1) is 0 Å². The van der Waals surface area contributed by atoms with Crippen LogP contribution in [0.25, 0.3) is 0 Å². The van der Waals surface area contributed by atoms with E-state index in [1.165, 1.54) is 122 Å². The van der Waals surface area contributed by atoms with Gasteiger partial charge in [-0.25, -0.2) is 0 Å². The Morgan fingerprint density at radius 2 is 0.831 bits per heavy atom. The molecule has 0 heterocycles. The minimum absolute atomic E-state index is 0.0267. The van der Waals surface area contributed by atoms with Crippen molar-refractivity contribution in [3.8, 4) is 0 Å². The molecular weight excluding hydrogens is 976 g/mol. The number of carbonyl (C=O) groups excluding carboxylic acids is 2. The van der Waals surface area contributed by atoms with Gasteiger partial charge in [-0.05, 0) is 83.1 Å². The lowest BCUT2D eigenvalue weighted by Gasteiger charge is -2.30. The van der Waals surface area contributed by atoms with E-state index in [4.69, 9.17) is 13.8 Å². The summed E-state index contributed by atoms with van der Waals surface area (Å²) < 4.78 is 30.3. The minimum Gasteiger partial charge on any atom is -0.756 e. The zero-order valence-electron chi connectivity index (χ0n) is 50.9. The summed E-state index contributed by atoms with van der Waals surface area (Å²) in [6, 6.07) is -0.896. The van der Waals surface area contributed by atoms with Crippen LogP contribution in [-0.2, 0) is 27.9 Å². The molecule has 1 N–H and O–H groups in total. The number of phosphoric acid groups is 1. The average Bonchev–Trinajstić information content (AvgIpc) is 3.39. The Kier molecular flexibility index (Phi) is 54.4. The predicted octanol–water partition coefficient (Wildman–Crippen LogP) is 19.1. The molecule has 446 valence electrons. The first-order valence-corrected chi connectivity index (χ1v) is 33.4. The van der Waals surface area contributed by atoms with Crippen LogP contribution < -0.4 is 10.2 Å². The molecule has 10 heteroatoms. The molecule has 0 fully saturated rings. The summed E-state index contributed by atoms with van der Waals surface area (Å²) in [7, 11) is 1.17. The Labute approximate surface area is 476 Å². The van der Waals surface area contributed by atoms with Gasteiger partial charge in [-0.2, -0.15) is 0 Å². The molecule has 0 aromatic heterocycles. The summed E-state index contributed by atoms with van der Waals surface area (Å²) in [6.45, 7) is 6.73. The zero-order valence-corrected chi connectivity index (χ0v) is 51.8. The number of amides is 1. The van der Waals surface area contributed by atoms with Gasteiger partial charge < -0.3 is 28.5 Å². The molecule has 1 amide bonds. The number of rotatable bonds is 57. The summed E-state index contributed by atoms with van der Waals surface area (Å²) in [5, 5.41) is 3.03. The van der Waals surface area contributed by atoms with Crippen molar-refractivity contribution >= 4 is 19.7 Å². The lowest BCUT2D eigenvalue weighted by Crippen LogP contribution is -2.47. The Morgan fingerprint density at radius 1 is 0.468 bits per heavy atom. The molecule has 0 aliphatic carbocycles. The molecule has 0 radical (unpaired) electrons. The van der Waals surface area contributed by atoms with Gasteiger partial charge in [0.05, 0.1) is 33.8 Å². The highest BCUT2D eigenvalue weighted by Gasteiger charge is 2.27. The van der Waals surface area contributed by atoms with Gasteiger partial charge >= 0.3 is 5.97 Å². The van der Waals surface area contributed by atoms with E-state index in [-0.39, 0.29) is 24.9 Å². The zero-order chi connectivity index (χ0) is 56.4. The number of allylic oxidation sites excluding steroid dienone is 13. The molecule has 0 saturated heterocycles. The molecule has 3 unspecified atom stereocenters. The normalized spacial score (nSPS) is 14.2. The first kappa shape index (κ1) is 74.2. The van der Waals surface area contributed by atoms with Crippen molar-refractivity contribution in [1.82, 2.24) is 5.32 Å². The average molecular weight is 1100 g/mol. The number of phosphoric ester groups is 1. The number of nitrogens with one attached hydrogen (secondary N) is 1. The van der Waals surface area contributed by atoms with E-state index in [1.807, 2.05) is 33.3 Å². The standard InChI is InChI=1S/C67H121N2O7P/c1-7-10-13-16-19-22-25-28-29-30-31-32-33-34-35-36-37-38-39-42-45-48-51-54-57-60-67(71)76-65(58-55-52-49-46-43-40-26-23-20-17-14-11-8-2)64(63-75-77(72,73)74-62-61-69(4,5)6)68-66(70)59-56-53-50-47-44-41-27-24-21-18-15-12-9-3/h10,13,19,22,28-29,31-32,34-35,37-38,55,58,64-65H,7-9,11-12,14-18,20-21,23-27,30,33,36,39-54,56-57,59-63H2,1-6H3,(H-,68,70,72,73)/b13-10-,22-19-,29-28-,32-31-,35-34-,38-37-,58-55-. The smallest absolute Gasteiger partial charge is 0.306 e. The van der Waals surface area contributed by atoms with Crippen molar-refractivity contribution in [3.63, 3.8) is 0 Å². The Bertz CT molecular complexity index is 1590. The van der Waals surface area contributed by atoms with E-state index in [0.717, 1.165) is 116 Å². The molecule has 0 spiro atoms. The van der Waals surface area contributed by atoms with Crippen LogP contribution in [0.5, 0.6) is 0 Å². The molecule has 0 bridgehead atoms. The number of nitrogens with zero attached hydrogens (tertiary/aromatic N) is 1. The second-order valence-electron chi connectivity index (χ2n) is 22.5. The molecule has 0 rings (SSSR count). The predicted molar refractivity (Wildman–Crippen MR) is 330 cm³/mol. The number of quaternary nitrogens is 1. The van der Waals surface area contributed by atoms with Gasteiger partial charge in [0.25, 0.3) is 7.82 Å².